The van der Waals surface area contributed by atoms with E-state index in [-0.39, 0.29) is 11.9 Å². The summed E-state index contributed by atoms with van der Waals surface area (Å²) in [6, 6.07) is 4.95. The van der Waals surface area contributed by atoms with E-state index in [2.05, 4.69) is 22.4 Å². The summed E-state index contributed by atoms with van der Waals surface area (Å²) < 4.78 is 13.3. The summed E-state index contributed by atoms with van der Waals surface area (Å²) in [6.45, 7) is 4.04. The van der Waals surface area contributed by atoms with Crippen LogP contribution in [-0.4, -0.2) is 17.2 Å². The number of nitrogens with zero attached hydrogens (tertiary/aromatic N) is 2. The monoisotopic (exact) mass is 265 g/mol. The first kappa shape index (κ1) is 13.1. The van der Waals surface area contributed by atoms with Gasteiger partial charge in [-0.05, 0) is 38.1 Å². The second-order valence-electron chi connectivity index (χ2n) is 4.15. The van der Waals surface area contributed by atoms with Crippen LogP contribution in [0.15, 0.2) is 18.2 Å². The van der Waals surface area contributed by atoms with Crippen molar-refractivity contribution in [2.45, 2.75) is 26.3 Å². The van der Waals surface area contributed by atoms with Crippen molar-refractivity contribution in [2.75, 3.05) is 7.05 Å². The first-order valence-corrected chi connectivity index (χ1v) is 6.74. The number of rotatable bonds is 4. The Balaban J connectivity index is 2.37. The highest BCUT2D eigenvalue weighted by Gasteiger charge is 2.15. The van der Waals surface area contributed by atoms with Crippen LogP contribution in [0.4, 0.5) is 4.39 Å². The van der Waals surface area contributed by atoms with Gasteiger partial charge in [-0.2, -0.15) is 0 Å². The highest BCUT2D eigenvalue weighted by Crippen LogP contribution is 2.30. The largest absolute Gasteiger partial charge is 0.311 e. The van der Waals surface area contributed by atoms with Gasteiger partial charge in [0.1, 0.15) is 15.8 Å². The maximum atomic E-state index is 13.3. The molecule has 2 rings (SSSR count). The maximum absolute atomic E-state index is 13.3. The van der Waals surface area contributed by atoms with Gasteiger partial charge in [0.15, 0.2) is 0 Å². The third-order valence-electron chi connectivity index (χ3n) is 2.93. The van der Waals surface area contributed by atoms with Gasteiger partial charge in [0, 0.05) is 5.56 Å². The van der Waals surface area contributed by atoms with Crippen LogP contribution >= 0.6 is 11.3 Å². The molecule has 0 bridgehead atoms. The van der Waals surface area contributed by atoms with Crippen LogP contribution in [0.1, 0.15) is 30.0 Å². The molecule has 18 heavy (non-hydrogen) atoms. The van der Waals surface area contributed by atoms with Crippen LogP contribution in [0.3, 0.4) is 0 Å². The minimum Gasteiger partial charge on any atom is -0.311 e. The summed E-state index contributed by atoms with van der Waals surface area (Å²) in [5, 5.41) is 13.3. The molecule has 1 unspecified atom stereocenters. The Kier molecular flexibility index (Phi) is 4.04. The summed E-state index contributed by atoms with van der Waals surface area (Å²) in [7, 11) is 1.91. The predicted octanol–water partition coefficient (Wildman–Crippen LogP) is 3.32. The fourth-order valence-electron chi connectivity index (χ4n) is 1.81. The molecule has 96 valence electrons. The molecule has 1 aromatic carbocycles. The van der Waals surface area contributed by atoms with Crippen molar-refractivity contribution in [1.29, 1.82) is 0 Å². The van der Waals surface area contributed by atoms with E-state index in [9.17, 15) is 4.39 Å². The van der Waals surface area contributed by atoms with E-state index < -0.39 is 0 Å². The summed E-state index contributed by atoms with van der Waals surface area (Å²) >= 11 is 1.51. The molecule has 0 aliphatic rings. The van der Waals surface area contributed by atoms with E-state index in [4.69, 9.17) is 0 Å². The Morgan fingerprint density at radius 3 is 2.83 bits per heavy atom. The number of benzene rings is 1. The Morgan fingerprint density at radius 1 is 1.39 bits per heavy atom. The Hall–Kier alpha value is -1.33. The molecule has 1 aromatic heterocycles. The lowest BCUT2D eigenvalue weighted by molar-refractivity contribution is 0.568. The van der Waals surface area contributed by atoms with E-state index >= 15 is 0 Å². The zero-order valence-corrected chi connectivity index (χ0v) is 11.5. The fraction of sp³-hybridized carbons (Fsp3) is 0.385. The maximum Gasteiger partial charge on any atom is 0.148 e. The van der Waals surface area contributed by atoms with Gasteiger partial charge in [0.2, 0.25) is 0 Å². The van der Waals surface area contributed by atoms with Crippen molar-refractivity contribution < 1.29 is 4.39 Å². The third-order valence-corrected chi connectivity index (χ3v) is 4.00. The van der Waals surface area contributed by atoms with Gasteiger partial charge < -0.3 is 5.32 Å². The highest BCUT2D eigenvalue weighted by atomic mass is 32.1. The average Bonchev–Trinajstić information content (AvgIpc) is 2.83. The van der Waals surface area contributed by atoms with Gasteiger partial charge in [0.25, 0.3) is 0 Å². The van der Waals surface area contributed by atoms with Gasteiger partial charge in [-0.1, -0.05) is 24.3 Å². The Morgan fingerprint density at radius 2 is 2.17 bits per heavy atom. The normalized spacial score (nSPS) is 12.7. The first-order valence-electron chi connectivity index (χ1n) is 5.93. The minimum atomic E-state index is -0.243. The number of hydrogen-bond donors (Lipinski definition) is 1. The smallest absolute Gasteiger partial charge is 0.148 e. The van der Waals surface area contributed by atoms with Gasteiger partial charge in [0.05, 0.1) is 6.04 Å². The molecule has 0 saturated carbocycles. The zero-order chi connectivity index (χ0) is 13.1. The Labute approximate surface area is 110 Å². The summed E-state index contributed by atoms with van der Waals surface area (Å²) in [4.78, 5) is 0. The minimum absolute atomic E-state index is 0.213. The first-order chi connectivity index (χ1) is 8.65. The quantitative estimate of drug-likeness (QED) is 0.921. The van der Waals surface area contributed by atoms with Crippen molar-refractivity contribution in [3.63, 3.8) is 0 Å². The number of aromatic nitrogens is 2. The van der Waals surface area contributed by atoms with Crippen molar-refractivity contribution in [3.8, 4) is 10.6 Å². The van der Waals surface area contributed by atoms with E-state index in [0.29, 0.717) is 0 Å². The van der Waals surface area contributed by atoms with Gasteiger partial charge >= 0.3 is 0 Å². The fourth-order valence-corrected chi connectivity index (χ4v) is 2.93. The lowest BCUT2D eigenvalue weighted by atomic mass is 10.1. The third kappa shape index (κ3) is 2.57. The van der Waals surface area contributed by atoms with E-state index in [1.165, 1.54) is 23.5 Å². The van der Waals surface area contributed by atoms with Crippen LogP contribution in [-0.2, 0) is 0 Å². The molecule has 0 fully saturated rings. The van der Waals surface area contributed by atoms with Gasteiger partial charge in [-0.25, -0.2) is 4.39 Å². The van der Waals surface area contributed by atoms with Crippen molar-refractivity contribution in [3.05, 3.63) is 34.6 Å². The predicted molar refractivity (Wildman–Crippen MR) is 72.1 cm³/mol. The van der Waals surface area contributed by atoms with Crippen molar-refractivity contribution in [2.24, 2.45) is 0 Å². The van der Waals surface area contributed by atoms with Crippen LogP contribution < -0.4 is 5.32 Å². The number of aryl methyl sites for hydroxylation is 1. The van der Waals surface area contributed by atoms with Crippen LogP contribution in [0.5, 0.6) is 0 Å². The molecule has 1 atom stereocenters. The van der Waals surface area contributed by atoms with E-state index in [0.717, 1.165) is 27.6 Å². The van der Waals surface area contributed by atoms with Gasteiger partial charge in [-0.3, -0.25) is 0 Å². The summed E-state index contributed by atoms with van der Waals surface area (Å²) in [5.41, 5.74) is 1.83. The van der Waals surface area contributed by atoms with Crippen LogP contribution in [0.2, 0.25) is 0 Å². The molecule has 2 aromatic rings. The van der Waals surface area contributed by atoms with E-state index in [1.807, 2.05) is 14.0 Å². The highest BCUT2D eigenvalue weighted by molar-refractivity contribution is 7.14. The number of halogens is 1. The van der Waals surface area contributed by atoms with Crippen LogP contribution in [0, 0.1) is 12.7 Å². The average molecular weight is 265 g/mol. The molecule has 0 amide bonds. The van der Waals surface area contributed by atoms with Crippen LogP contribution in [0.25, 0.3) is 10.6 Å². The number of nitrogens with one attached hydrogen (secondary N) is 1. The summed E-state index contributed by atoms with van der Waals surface area (Å²) in [5.74, 6) is -0.243. The standard InChI is InChI=1S/C13H16FN3S/c1-4-11(15-3)13-17-16-12(18-13)10-7-9(14)6-5-8(10)2/h5-7,11,15H,4H2,1-3H3. The molecule has 0 spiro atoms. The molecule has 0 aliphatic carbocycles. The molecule has 1 heterocycles. The molecule has 0 saturated heterocycles. The second-order valence-corrected chi connectivity index (χ2v) is 5.16. The van der Waals surface area contributed by atoms with Crippen molar-refractivity contribution >= 4 is 11.3 Å². The van der Waals surface area contributed by atoms with Crippen molar-refractivity contribution in [1.82, 2.24) is 15.5 Å². The second kappa shape index (κ2) is 5.54. The molecule has 3 nitrogen and oxygen atoms in total. The zero-order valence-electron chi connectivity index (χ0n) is 10.7. The molecule has 0 aliphatic heterocycles. The van der Waals surface area contributed by atoms with Gasteiger partial charge in [-0.15, -0.1) is 10.2 Å². The number of hydrogen-bond acceptors (Lipinski definition) is 4. The summed E-state index contributed by atoms with van der Waals surface area (Å²) in [6.07, 6.45) is 0.952. The van der Waals surface area contributed by atoms with E-state index in [1.54, 1.807) is 6.07 Å². The molecule has 5 heteroatoms. The SMILES string of the molecule is CCC(NC)c1nnc(-c2cc(F)ccc2C)s1. The Bertz CT molecular complexity index is 535. The molecular weight excluding hydrogens is 249 g/mol. The molecular formula is C13H16FN3S. The lowest BCUT2D eigenvalue weighted by Crippen LogP contribution is -2.14. The lowest BCUT2D eigenvalue weighted by Gasteiger charge is -2.08. The molecule has 0 radical (unpaired) electrons. The topological polar surface area (TPSA) is 37.8 Å². The molecule has 1 N–H and O–H groups in total.